The van der Waals surface area contributed by atoms with Gasteiger partial charge < -0.3 is 4.42 Å². The Morgan fingerprint density at radius 1 is 0.512 bits per heavy atom. The summed E-state index contributed by atoms with van der Waals surface area (Å²) in [5, 5.41) is 9.12. The number of rotatable bonds is 3. The van der Waals surface area contributed by atoms with Gasteiger partial charge in [0.1, 0.15) is 11.2 Å². The van der Waals surface area contributed by atoms with E-state index in [4.69, 9.17) is 19.4 Å². The molecule has 202 valence electrons. The van der Waals surface area contributed by atoms with Crippen molar-refractivity contribution in [2.24, 2.45) is 0 Å². The van der Waals surface area contributed by atoms with E-state index in [0.29, 0.717) is 17.5 Å². The molecule has 9 rings (SSSR count). The number of furan rings is 1. The second-order valence-electron chi connectivity index (χ2n) is 11.1. The lowest BCUT2D eigenvalue weighted by molar-refractivity contribution is 0.672. The molecule has 6 aromatic carbocycles. The average Bonchev–Trinajstić information content (AvgIpc) is 3.47. The first-order valence-electron chi connectivity index (χ1n) is 14.7. The normalized spacial score (nSPS) is 13.4. The largest absolute Gasteiger partial charge is 0.455 e. The van der Waals surface area contributed by atoms with Crippen molar-refractivity contribution in [3.63, 3.8) is 0 Å². The van der Waals surface area contributed by atoms with Crippen LogP contribution in [0.3, 0.4) is 0 Å². The van der Waals surface area contributed by atoms with Gasteiger partial charge >= 0.3 is 0 Å². The molecule has 43 heavy (non-hydrogen) atoms. The Labute approximate surface area is 247 Å². The van der Waals surface area contributed by atoms with Crippen LogP contribution in [0.4, 0.5) is 0 Å². The van der Waals surface area contributed by atoms with Crippen molar-refractivity contribution in [1.82, 2.24) is 15.0 Å². The van der Waals surface area contributed by atoms with Gasteiger partial charge in [-0.2, -0.15) is 0 Å². The average molecular weight is 552 g/mol. The lowest BCUT2D eigenvalue weighted by Crippen LogP contribution is -2.03. The number of benzene rings is 6. The number of aromatic nitrogens is 3. The first kappa shape index (κ1) is 24.0. The molecule has 0 spiro atoms. The van der Waals surface area contributed by atoms with Crippen LogP contribution in [0.5, 0.6) is 0 Å². The summed E-state index contributed by atoms with van der Waals surface area (Å²) >= 11 is 0. The number of para-hydroxylation sites is 1. The minimum absolute atomic E-state index is 0.656. The molecule has 1 aliphatic carbocycles. The van der Waals surface area contributed by atoms with E-state index >= 15 is 0 Å². The van der Waals surface area contributed by atoms with Crippen LogP contribution in [0, 0.1) is 0 Å². The minimum Gasteiger partial charge on any atom is -0.455 e. The summed E-state index contributed by atoms with van der Waals surface area (Å²) in [6, 6.07) is 38.1. The Morgan fingerprint density at radius 3 is 2.12 bits per heavy atom. The molecule has 4 heteroatoms. The third kappa shape index (κ3) is 3.87. The van der Waals surface area contributed by atoms with E-state index in [0.717, 1.165) is 73.0 Å². The van der Waals surface area contributed by atoms with Gasteiger partial charge in [-0.25, -0.2) is 15.0 Å². The summed E-state index contributed by atoms with van der Waals surface area (Å²) < 4.78 is 6.31. The molecular formula is C39H25N3O. The van der Waals surface area contributed by atoms with Crippen molar-refractivity contribution in [1.29, 1.82) is 0 Å². The van der Waals surface area contributed by atoms with Gasteiger partial charge in [-0.05, 0) is 70.1 Å². The second-order valence-corrected chi connectivity index (χ2v) is 11.1. The fourth-order valence-electron chi connectivity index (χ4n) is 6.42. The van der Waals surface area contributed by atoms with Gasteiger partial charge in [-0.3, -0.25) is 0 Å². The number of allylic oxidation sites excluding steroid dienone is 4. The van der Waals surface area contributed by atoms with Gasteiger partial charge in [0, 0.05) is 32.9 Å². The van der Waals surface area contributed by atoms with Crippen molar-refractivity contribution < 1.29 is 4.42 Å². The fraction of sp³-hybridized carbons (Fsp3) is 0.0513. The number of hydrogen-bond donors (Lipinski definition) is 0. The van der Waals surface area contributed by atoms with Gasteiger partial charge in [0.05, 0.1) is 0 Å². The SMILES string of the molecule is C1=CC(c2nc(-c3ccc4c(ccc5c6ccccc6oc45)c3)nc(-c3cc4ccccc4c4ccccc34)n2)=CCC1. The Hall–Kier alpha value is -5.61. The van der Waals surface area contributed by atoms with Crippen molar-refractivity contribution in [2.75, 3.05) is 0 Å². The van der Waals surface area contributed by atoms with Crippen LogP contribution in [0.25, 0.3) is 82.6 Å². The molecule has 0 atom stereocenters. The van der Waals surface area contributed by atoms with E-state index in [2.05, 4.69) is 115 Å². The highest BCUT2D eigenvalue weighted by Crippen LogP contribution is 2.37. The van der Waals surface area contributed by atoms with Gasteiger partial charge in [-0.1, -0.05) is 97.1 Å². The van der Waals surface area contributed by atoms with E-state index in [1.807, 2.05) is 12.1 Å². The van der Waals surface area contributed by atoms with E-state index < -0.39 is 0 Å². The highest BCUT2D eigenvalue weighted by molar-refractivity contribution is 6.15. The Morgan fingerprint density at radius 2 is 1.23 bits per heavy atom. The van der Waals surface area contributed by atoms with E-state index in [9.17, 15) is 0 Å². The Bertz CT molecular complexity index is 2470. The molecule has 0 saturated heterocycles. The monoisotopic (exact) mass is 551 g/mol. The predicted octanol–water partition coefficient (Wildman–Crippen LogP) is 10.3. The zero-order valence-corrected chi connectivity index (χ0v) is 23.3. The predicted molar refractivity (Wildman–Crippen MR) is 177 cm³/mol. The van der Waals surface area contributed by atoms with Crippen molar-refractivity contribution in [3.05, 3.63) is 133 Å². The summed E-state index contributed by atoms with van der Waals surface area (Å²) in [6.45, 7) is 0. The molecule has 0 N–H and O–H groups in total. The maximum atomic E-state index is 6.31. The Balaban J connectivity index is 1.28. The smallest absolute Gasteiger partial charge is 0.164 e. The lowest BCUT2D eigenvalue weighted by atomic mass is 9.96. The molecule has 0 unspecified atom stereocenters. The molecule has 0 aliphatic heterocycles. The molecule has 8 aromatic rings. The molecule has 0 saturated carbocycles. The van der Waals surface area contributed by atoms with Crippen LogP contribution in [0.15, 0.2) is 132 Å². The van der Waals surface area contributed by atoms with Crippen molar-refractivity contribution >= 4 is 59.8 Å². The van der Waals surface area contributed by atoms with Gasteiger partial charge in [-0.15, -0.1) is 0 Å². The summed E-state index contributed by atoms with van der Waals surface area (Å²) in [5.74, 6) is 2.03. The molecule has 0 amide bonds. The maximum absolute atomic E-state index is 6.31. The van der Waals surface area contributed by atoms with E-state index in [1.165, 1.54) is 10.8 Å². The van der Waals surface area contributed by atoms with Crippen LogP contribution in [-0.4, -0.2) is 15.0 Å². The van der Waals surface area contributed by atoms with Crippen LogP contribution < -0.4 is 0 Å². The van der Waals surface area contributed by atoms with E-state index in [1.54, 1.807) is 0 Å². The first-order chi connectivity index (χ1) is 21.3. The molecule has 4 nitrogen and oxygen atoms in total. The molecule has 0 radical (unpaired) electrons. The van der Waals surface area contributed by atoms with Crippen molar-refractivity contribution in [3.8, 4) is 22.8 Å². The van der Waals surface area contributed by atoms with Crippen LogP contribution >= 0.6 is 0 Å². The molecule has 2 aromatic heterocycles. The van der Waals surface area contributed by atoms with Gasteiger partial charge in [0.2, 0.25) is 0 Å². The topological polar surface area (TPSA) is 51.8 Å². The Kier molecular flexibility index (Phi) is 5.29. The number of nitrogens with zero attached hydrogens (tertiary/aromatic N) is 3. The lowest BCUT2D eigenvalue weighted by Gasteiger charge is -2.13. The highest BCUT2D eigenvalue weighted by Gasteiger charge is 2.18. The number of hydrogen-bond acceptors (Lipinski definition) is 4. The maximum Gasteiger partial charge on any atom is 0.164 e. The third-order valence-corrected chi connectivity index (χ3v) is 8.52. The molecule has 0 fully saturated rings. The first-order valence-corrected chi connectivity index (χ1v) is 14.7. The minimum atomic E-state index is 0.656. The fourth-order valence-corrected chi connectivity index (χ4v) is 6.42. The van der Waals surface area contributed by atoms with Gasteiger partial charge in [0.25, 0.3) is 0 Å². The summed E-state index contributed by atoms with van der Waals surface area (Å²) in [7, 11) is 0. The zero-order valence-electron chi connectivity index (χ0n) is 23.3. The van der Waals surface area contributed by atoms with Gasteiger partial charge in [0.15, 0.2) is 17.5 Å². The van der Waals surface area contributed by atoms with E-state index in [-0.39, 0.29) is 0 Å². The third-order valence-electron chi connectivity index (χ3n) is 8.52. The van der Waals surface area contributed by atoms with Crippen LogP contribution in [0.1, 0.15) is 18.7 Å². The van der Waals surface area contributed by atoms with Crippen molar-refractivity contribution in [2.45, 2.75) is 12.8 Å². The second kappa shape index (κ2) is 9.47. The molecule has 2 heterocycles. The summed E-state index contributed by atoms with van der Waals surface area (Å²) in [5.41, 5.74) is 4.79. The molecule has 1 aliphatic rings. The van der Waals surface area contributed by atoms with Crippen LogP contribution in [0.2, 0.25) is 0 Å². The molecular weight excluding hydrogens is 526 g/mol. The standard InChI is InChI=1S/C39H25N3O/c1-2-10-24(11-3-1)37-40-38(27-19-20-29-26(22-27)18-21-33-32-16-8-9-17-35(32)43-36(29)33)42-39(41-37)34-23-25-12-4-5-13-28(25)30-14-6-7-15-31(30)34/h2,4-23H,1,3H2. The number of fused-ring (bicyclic) bond motifs is 8. The highest BCUT2D eigenvalue weighted by atomic mass is 16.3. The van der Waals surface area contributed by atoms with Crippen LogP contribution in [-0.2, 0) is 0 Å². The molecule has 0 bridgehead atoms. The zero-order chi connectivity index (χ0) is 28.3. The summed E-state index contributed by atoms with van der Waals surface area (Å²) in [4.78, 5) is 15.2. The summed E-state index contributed by atoms with van der Waals surface area (Å²) in [6.07, 6.45) is 8.55. The quantitative estimate of drug-likeness (QED) is 0.205.